The zero-order valence-electron chi connectivity index (χ0n) is 17.1. The molecule has 1 aliphatic carbocycles. The average molecular weight is 514 g/mol. The Labute approximate surface area is 199 Å². The average Bonchev–Trinajstić information content (AvgIpc) is 3.58. The van der Waals surface area contributed by atoms with Crippen molar-refractivity contribution in [2.45, 2.75) is 29.9 Å². The van der Waals surface area contributed by atoms with Gasteiger partial charge in [-0.15, -0.1) is 23.1 Å². The van der Waals surface area contributed by atoms with Gasteiger partial charge in [0.25, 0.3) is 17.4 Å². The van der Waals surface area contributed by atoms with Crippen molar-refractivity contribution in [2.24, 2.45) is 11.1 Å². The van der Waals surface area contributed by atoms with Gasteiger partial charge in [0.15, 0.2) is 10.8 Å². The number of hydrogen-bond acceptors (Lipinski definition) is 13. The number of carbonyl (C=O) groups excluding carboxylic acids is 4. The Hall–Kier alpha value is -2.78. The summed E-state index contributed by atoms with van der Waals surface area (Å²) in [7, 11) is 0. The van der Waals surface area contributed by atoms with E-state index in [1.165, 1.54) is 28.1 Å². The lowest BCUT2D eigenvalue weighted by atomic mass is 10.0. The minimum Gasteiger partial charge on any atom is -0.415 e. The molecule has 2 unspecified atom stereocenters. The number of thioether (sulfide) groups is 2. The topological polar surface area (TPSA) is 174 Å². The summed E-state index contributed by atoms with van der Waals surface area (Å²) >= 11 is 3.44. The number of esters is 2. The number of aromatic nitrogens is 1. The lowest BCUT2D eigenvalue weighted by Gasteiger charge is -2.48. The highest BCUT2D eigenvalue weighted by atomic mass is 32.2. The van der Waals surface area contributed by atoms with E-state index in [-0.39, 0.29) is 28.2 Å². The van der Waals surface area contributed by atoms with Gasteiger partial charge in [-0.25, -0.2) is 9.78 Å². The highest BCUT2D eigenvalue weighted by molar-refractivity contribution is 8.00. The maximum Gasteiger partial charge on any atom is 0.358 e. The maximum absolute atomic E-state index is 12.8. The molecule has 2 fully saturated rings. The van der Waals surface area contributed by atoms with Gasteiger partial charge < -0.3 is 25.7 Å². The fourth-order valence-electron chi connectivity index (χ4n) is 3.13. The molecule has 1 saturated carbocycles. The lowest BCUT2D eigenvalue weighted by molar-refractivity contribution is -0.173. The molecule has 15 heteroatoms. The van der Waals surface area contributed by atoms with Gasteiger partial charge in [-0.1, -0.05) is 16.9 Å². The first kappa shape index (κ1) is 23.4. The van der Waals surface area contributed by atoms with Crippen molar-refractivity contribution in [3.05, 3.63) is 22.8 Å². The smallest absolute Gasteiger partial charge is 0.358 e. The van der Waals surface area contributed by atoms with E-state index >= 15 is 0 Å². The fraction of sp³-hybridized carbons (Fsp3) is 0.444. The molecule has 33 heavy (non-hydrogen) atoms. The number of fused-ring (bicyclic) bond motifs is 1. The summed E-state index contributed by atoms with van der Waals surface area (Å²) in [6.45, 7) is 0. The van der Waals surface area contributed by atoms with Crippen LogP contribution >= 0.6 is 34.9 Å². The maximum atomic E-state index is 12.8. The molecular formula is C18H19N5O7S3. The predicted molar refractivity (Wildman–Crippen MR) is 120 cm³/mol. The van der Waals surface area contributed by atoms with E-state index in [2.05, 4.69) is 15.5 Å². The molecule has 12 nitrogen and oxygen atoms in total. The number of carbonyl (C=O) groups is 4. The minimum atomic E-state index is -1.12. The van der Waals surface area contributed by atoms with Crippen LogP contribution in [0.1, 0.15) is 18.5 Å². The van der Waals surface area contributed by atoms with Gasteiger partial charge >= 0.3 is 11.9 Å². The van der Waals surface area contributed by atoms with Gasteiger partial charge in [0.2, 0.25) is 0 Å². The van der Waals surface area contributed by atoms with Gasteiger partial charge in [-0.3, -0.25) is 19.3 Å². The number of β-lactam (4-membered cyclic amide) rings is 1. The van der Waals surface area contributed by atoms with E-state index < -0.39 is 40.8 Å². The molecule has 0 aromatic carbocycles. The van der Waals surface area contributed by atoms with Gasteiger partial charge in [-0.2, -0.15) is 0 Å². The molecule has 0 spiro atoms. The molecule has 0 radical (unpaired) electrons. The molecule has 2 amide bonds. The van der Waals surface area contributed by atoms with Gasteiger partial charge in [0.05, 0.1) is 5.92 Å². The van der Waals surface area contributed by atoms with Crippen molar-refractivity contribution in [2.75, 3.05) is 17.7 Å². The quantitative estimate of drug-likeness (QED) is 0.109. The third-order valence-corrected chi connectivity index (χ3v) is 7.38. The molecule has 1 saturated heterocycles. The van der Waals surface area contributed by atoms with Crippen LogP contribution in [0.15, 0.2) is 22.3 Å². The lowest BCUT2D eigenvalue weighted by Crippen LogP contribution is -2.70. The van der Waals surface area contributed by atoms with Gasteiger partial charge in [0.1, 0.15) is 22.8 Å². The van der Waals surface area contributed by atoms with Gasteiger partial charge in [-0.05, 0) is 25.2 Å². The van der Waals surface area contributed by atoms with E-state index in [0.29, 0.717) is 5.75 Å². The van der Waals surface area contributed by atoms with Crippen LogP contribution in [0.4, 0.5) is 5.13 Å². The standard InChI is InChI=1S/C18H19N5O7S3/c1-31-18(29-15(26)7-2-3-7)30-16(27)9-4-5-32-14-11(13(25)23(9)14)21-12(24)10(22-28)8-6-33-17(19)20-8/h4,6-7,11,14,18,28H,2-3,5H2,1H3,(H2,19,20)(H,21,24)/t11?,14-,18?/m1/s1. The van der Waals surface area contributed by atoms with E-state index in [4.69, 9.17) is 15.2 Å². The second-order valence-electron chi connectivity index (χ2n) is 7.13. The Morgan fingerprint density at radius 3 is 2.76 bits per heavy atom. The number of nitrogens with two attached hydrogens (primary N) is 1. The number of hydrogen-bond donors (Lipinski definition) is 3. The zero-order valence-corrected chi connectivity index (χ0v) is 19.6. The summed E-state index contributed by atoms with van der Waals surface area (Å²) in [5.74, 6) is -2.33. The van der Waals surface area contributed by atoms with E-state index in [1.54, 1.807) is 6.26 Å². The Morgan fingerprint density at radius 2 is 2.15 bits per heavy atom. The number of ether oxygens (including phenoxy) is 2. The summed E-state index contributed by atoms with van der Waals surface area (Å²) in [5, 5.41) is 15.8. The number of nitrogens with one attached hydrogen (secondary N) is 1. The number of nitrogen functional groups attached to an aromatic ring is 1. The van der Waals surface area contributed by atoms with Crippen molar-refractivity contribution in [1.82, 2.24) is 15.2 Å². The summed E-state index contributed by atoms with van der Waals surface area (Å²) in [5.41, 5.74) is 4.13. The summed E-state index contributed by atoms with van der Waals surface area (Å²) < 4.78 is 10.5. The van der Waals surface area contributed by atoms with E-state index in [1.807, 2.05) is 0 Å². The highest BCUT2D eigenvalue weighted by Crippen LogP contribution is 2.38. The molecule has 1 aromatic rings. The third kappa shape index (κ3) is 4.79. The molecule has 3 atom stereocenters. The van der Waals surface area contributed by atoms with Crippen LogP contribution in [0.25, 0.3) is 0 Å². The first-order chi connectivity index (χ1) is 15.8. The molecule has 176 valence electrons. The van der Waals surface area contributed by atoms with Crippen LogP contribution < -0.4 is 11.1 Å². The number of oxime groups is 1. The van der Waals surface area contributed by atoms with Crippen molar-refractivity contribution in [1.29, 1.82) is 0 Å². The van der Waals surface area contributed by atoms with Crippen molar-refractivity contribution < 1.29 is 33.9 Å². The molecule has 3 aliphatic rings. The highest BCUT2D eigenvalue weighted by Gasteiger charge is 2.53. The Bertz CT molecular complexity index is 1050. The number of amides is 2. The SMILES string of the molecule is CSC(OC(=O)C1=CCS[C@@H]2C(NC(=O)C(=NO)c3csc(N)n3)C(=O)N12)OC(=O)C1CC1. The minimum absolute atomic E-state index is 0.0130. The predicted octanol–water partition coefficient (Wildman–Crippen LogP) is 0.330. The normalized spacial score (nSPS) is 23.1. The summed E-state index contributed by atoms with van der Waals surface area (Å²) in [4.78, 5) is 55.0. The zero-order chi connectivity index (χ0) is 23.7. The summed E-state index contributed by atoms with van der Waals surface area (Å²) in [6.07, 6.45) is 4.68. The Morgan fingerprint density at radius 1 is 1.39 bits per heavy atom. The number of thiazole rings is 1. The Kier molecular flexibility index (Phi) is 6.81. The number of anilines is 1. The van der Waals surface area contributed by atoms with Crippen LogP contribution in [0.3, 0.4) is 0 Å². The number of rotatable bonds is 8. The van der Waals surface area contributed by atoms with Crippen LogP contribution in [-0.4, -0.2) is 73.6 Å². The van der Waals surface area contributed by atoms with Gasteiger partial charge in [0, 0.05) is 11.1 Å². The van der Waals surface area contributed by atoms with Crippen molar-refractivity contribution in [3.63, 3.8) is 0 Å². The second kappa shape index (κ2) is 9.61. The molecule has 4 N–H and O–H groups in total. The molecule has 1 aromatic heterocycles. The molecular weight excluding hydrogens is 494 g/mol. The first-order valence-corrected chi connectivity index (χ1v) is 12.9. The van der Waals surface area contributed by atoms with Crippen molar-refractivity contribution in [3.8, 4) is 0 Å². The van der Waals surface area contributed by atoms with Crippen LogP contribution in [0, 0.1) is 5.92 Å². The molecule has 0 bridgehead atoms. The second-order valence-corrected chi connectivity index (χ2v) is 10.0. The first-order valence-electron chi connectivity index (χ1n) is 9.67. The van der Waals surface area contributed by atoms with Crippen LogP contribution in [0.5, 0.6) is 0 Å². The molecule has 2 aliphatic heterocycles. The van der Waals surface area contributed by atoms with E-state index in [0.717, 1.165) is 35.9 Å². The largest absolute Gasteiger partial charge is 0.415 e. The monoisotopic (exact) mass is 513 g/mol. The van der Waals surface area contributed by atoms with Crippen molar-refractivity contribution >= 4 is 69.5 Å². The fourth-order valence-corrected chi connectivity index (χ4v) is 5.24. The summed E-state index contributed by atoms with van der Waals surface area (Å²) in [6, 6.07) is -0.948. The van der Waals surface area contributed by atoms with E-state index in [9.17, 15) is 24.4 Å². The molecule has 4 rings (SSSR count). The molecule has 3 heterocycles. The number of nitrogens with zero attached hydrogens (tertiary/aromatic N) is 3. The Balaban J connectivity index is 1.38. The third-order valence-electron chi connectivity index (χ3n) is 4.94. The van der Waals surface area contributed by atoms with Crippen LogP contribution in [-0.2, 0) is 28.7 Å². The van der Waals surface area contributed by atoms with Crippen LogP contribution in [0.2, 0.25) is 0 Å².